The maximum Gasteiger partial charge on any atom is 0.262 e. The van der Waals surface area contributed by atoms with Crippen LogP contribution in [-0.4, -0.2) is 34.7 Å². The molecule has 1 amide bonds. The predicted molar refractivity (Wildman–Crippen MR) is 124 cm³/mol. The van der Waals surface area contributed by atoms with E-state index < -0.39 is 0 Å². The third kappa shape index (κ3) is 5.29. The second-order valence-electron chi connectivity index (χ2n) is 8.29. The highest BCUT2D eigenvalue weighted by molar-refractivity contribution is 7.71. The maximum atomic E-state index is 13.1. The predicted octanol–water partition coefficient (Wildman–Crippen LogP) is 4.19. The van der Waals surface area contributed by atoms with Gasteiger partial charge in [0.1, 0.15) is 0 Å². The molecular weight excluding hydrogens is 414 g/mol. The monoisotopic (exact) mass is 447 g/mol. The summed E-state index contributed by atoms with van der Waals surface area (Å²) >= 11 is 5.41. The summed E-state index contributed by atoms with van der Waals surface area (Å²) in [6.45, 7) is 9.38. The van der Waals surface area contributed by atoms with Gasteiger partial charge in [0.2, 0.25) is 5.91 Å². The lowest BCUT2D eigenvalue weighted by Gasteiger charge is -2.34. The number of hydrogen-bond acceptors (Lipinski definition) is 5. The normalized spacial score (nSPS) is 21.1. The third-order valence-electron chi connectivity index (χ3n) is 6.26. The third-order valence-corrected chi connectivity index (χ3v) is 6.58. The molecule has 0 spiro atoms. The molecule has 3 rings (SSSR count). The fourth-order valence-electron chi connectivity index (χ4n) is 4.28. The minimum atomic E-state index is -0.241. The fourth-order valence-corrected chi connectivity index (χ4v) is 4.56. The maximum absolute atomic E-state index is 13.1. The summed E-state index contributed by atoms with van der Waals surface area (Å²) < 4.78 is 13.0. The number of amides is 1. The van der Waals surface area contributed by atoms with Crippen molar-refractivity contribution in [2.24, 2.45) is 11.8 Å². The van der Waals surface area contributed by atoms with Crippen LogP contribution in [-0.2, 0) is 11.3 Å². The SMILES string of the molecule is CCOc1cc2[nH]c(=S)n(CCC(=O)N[C@@H]3CCC[C@H](C)[C@H]3C)c(=O)c2cc1OCC. The highest BCUT2D eigenvalue weighted by atomic mass is 32.1. The molecule has 1 saturated carbocycles. The summed E-state index contributed by atoms with van der Waals surface area (Å²) in [5.74, 6) is 2.10. The van der Waals surface area contributed by atoms with Gasteiger partial charge in [-0.25, -0.2) is 0 Å². The van der Waals surface area contributed by atoms with Gasteiger partial charge in [-0.05, 0) is 50.4 Å². The largest absolute Gasteiger partial charge is 0.490 e. The summed E-state index contributed by atoms with van der Waals surface area (Å²) in [5.41, 5.74) is 0.350. The topological polar surface area (TPSA) is 85.4 Å². The van der Waals surface area contributed by atoms with Gasteiger partial charge < -0.3 is 19.8 Å². The molecule has 8 heteroatoms. The molecule has 1 aliphatic carbocycles. The number of aromatic amines is 1. The highest BCUT2D eigenvalue weighted by Crippen LogP contribution is 2.31. The van der Waals surface area contributed by atoms with Crippen LogP contribution in [0.5, 0.6) is 11.5 Å². The van der Waals surface area contributed by atoms with E-state index in [0.29, 0.717) is 47.5 Å². The second kappa shape index (κ2) is 10.3. The standard InChI is InChI=1S/C23H33N3O4S/c1-5-29-19-12-16-18(13-20(19)30-6-2)25-23(31)26(22(16)28)11-10-21(27)24-17-9-7-8-14(3)15(17)4/h12-15,17H,5-11H2,1-4H3,(H,24,27)(H,25,31)/t14-,15+,17+/m0/s1. The van der Waals surface area contributed by atoms with Crippen molar-refractivity contribution >= 4 is 29.0 Å². The molecule has 0 saturated heterocycles. The lowest BCUT2D eigenvalue weighted by atomic mass is 9.78. The average molecular weight is 448 g/mol. The van der Waals surface area contributed by atoms with Gasteiger partial charge in [0.25, 0.3) is 5.56 Å². The summed E-state index contributed by atoms with van der Waals surface area (Å²) in [4.78, 5) is 28.8. The molecule has 1 aromatic heterocycles. The van der Waals surface area contributed by atoms with Crippen LogP contribution in [0.2, 0.25) is 0 Å². The van der Waals surface area contributed by atoms with Crippen molar-refractivity contribution < 1.29 is 14.3 Å². The van der Waals surface area contributed by atoms with Crippen LogP contribution in [0.25, 0.3) is 10.9 Å². The lowest BCUT2D eigenvalue weighted by molar-refractivity contribution is -0.122. The second-order valence-corrected chi connectivity index (χ2v) is 8.68. The first-order chi connectivity index (χ1) is 14.8. The number of carbonyl (C=O) groups excluding carboxylic acids is 1. The Hall–Kier alpha value is -2.35. The molecule has 7 nitrogen and oxygen atoms in total. The van der Waals surface area contributed by atoms with E-state index in [0.717, 1.165) is 12.8 Å². The molecule has 3 atom stereocenters. The number of carbonyl (C=O) groups is 1. The van der Waals surface area contributed by atoms with Crippen LogP contribution in [0.15, 0.2) is 16.9 Å². The van der Waals surface area contributed by atoms with Crippen molar-refractivity contribution in [2.75, 3.05) is 13.2 Å². The van der Waals surface area contributed by atoms with E-state index in [1.54, 1.807) is 12.1 Å². The van der Waals surface area contributed by atoms with Gasteiger partial charge in [-0.2, -0.15) is 0 Å². The molecule has 31 heavy (non-hydrogen) atoms. The number of aromatic nitrogens is 2. The van der Waals surface area contributed by atoms with Gasteiger partial charge in [-0.1, -0.05) is 26.7 Å². The molecule has 1 aromatic carbocycles. The number of ether oxygens (including phenoxy) is 2. The van der Waals surface area contributed by atoms with Crippen LogP contribution in [0.3, 0.4) is 0 Å². The first-order valence-corrected chi connectivity index (χ1v) is 11.6. The van der Waals surface area contributed by atoms with Gasteiger partial charge in [0.15, 0.2) is 16.3 Å². The molecule has 1 heterocycles. The Morgan fingerprint density at radius 2 is 1.87 bits per heavy atom. The molecule has 2 aromatic rings. The van der Waals surface area contributed by atoms with Crippen LogP contribution in [0, 0.1) is 16.6 Å². The number of fused-ring (bicyclic) bond motifs is 1. The van der Waals surface area contributed by atoms with Crippen molar-refractivity contribution in [2.45, 2.75) is 66.0 Å². The van der Waals surface area contributed by atoms with Crippen LogP contribution < -0.4 is 20.3 Å². The van der Waals surface area contributed by atoms with Crippen LogP contribution >= 0.6 is 12.2 Å². The average Bonchev–Trinajstić information content (AvgIpc) is 2.72. The molecule has 0 unspecified atom stereocenters. The first kappa shape index (κ1) is 23.3. The minimum Gasteiger partial charge on any atom is -0.490 e. The lowest BCUT2D eigenvalue weighted by Crippen LogP contribution is -2.44. The molecule has 170 valence electrons. The Morgan fingerprint density at radius 1 is 1.19 bits per heavy atom. The highest BCUT2D eigenvalue weighted by Gasteiger charge is 2.28. The zero-order valence-corrected chi connectivity index (χ0v) is 19.6. The van der Waals surface area contributed by atoms with Gasteiger partial charge in [-0.3, -0.25) is 14.2 Å². The van der Waals surface area contributed by atoms with E-state index in [1.807, 2.05) is 13.8 Å². The smallest absolute Gasteiger partial charge is 0.262 e. The molecule has 1 fully saturated rings. The number of nitrogens with zero attached hydrogens (tertiary/aromatic N) is 1. The summed E-state index contributed by atoms with van der Waals surface area (Å²) in [6, 6.07) is 3.62. The van der Waals surface area contributed by atoms with Crippen molar-refractivity contribution in [3.63, 3.8) is 0 Å². The molecule has 1 aliphatic rings. The zero-order valence-electron chi connectivity index (χ0n) is 18.8. The van der Waals surface area contributed by atoms with E-state index in [9.17, 15) is 9.59 Å². The summed E-state index contributed by atoms with van der Waals surface area (Å²) in [7, 11) is 0. The van der Waals surface area contributed by atoms with Crippen LogP contribution in [0.4, 0.5) is 0 Å². The Balaban J connectivity index is 1.80. The summed E-state index contributed by atoms with van der Waals surface area (Å²) in [5, 5.41) is 3.61. The van der Waals surface area contributed by atoms with Gasteiger partial charge in [0.05, 0.1) is 24.1 Å². The number of benzene rings is 1. The molecule has 2 N–H and O–H groups in total. The van der Waals surface area contributed by atoms with Crippen LogP contribution in [0.1, 0.15) is 53.4 Å². The Morgan fingerprint density at radius 3 is 2.55 bits per heavy atom. The first-order valence-electron chi connectivity index (χ1n) is 11.2. The number of H-pyrrole nitrogens is 1. The molecule has 0 aliphatic heterocycles. The van der Waals surface area contributed by atoms with E-state index in [1.165, 1.54) is 11.0 Å². The molecule has 0 radical (unpaired) electrons. The van der Waals surface area contributed by atoms with Crippen molar-refractivity contribution in [3.8, 4) is 11.5 Å². The number of hydrogen-bond donors (Lipinski definition) is 2. The molecular formula is C23H33N3O4S. The van der Waals surface area contributed by atoms with Crippen molar-refractivity contribution in [1.82, 2.24) is 14.9 Å². The Labute approximate surface area is 188 Å². The molecule has 0 bridgehead atoms. The quantitative estimate of drug-likeness (QED) is 0.593. The van der Waals surface area contributed by atoms with E-state index >= 15 is 0 Å². The Bertz CT molecular complexity index is 1050. The van der Waals surface area contributed by atoms with E-state index in [2.05, 4.69) is 24.1 Å². The van der Waals surface area contributed by atoms with Gasteiger partial charge in [0, 0.05) is 25.1 Å². The Kier molecular flexibility index (Phi) is 7.75. The zero-order chi connectivity index (χ0) is 22.5. The van der Waals surface area contributed by atoms with E-state index in [4.69, 9.17) is 21.7 Å². The number of nitrogens with one attached hydrogen (secondary N) is 2. The van der Waals surface area contributed by atoms with Crippen molar-refractivity contribution in [3.05, 3.63) is 27.3 Å². The van der Waals surface area contributed by atoms with Crippen molar-refractivity contribution in [1.29, 1.82) is 0 Å². The van der Waals surface area contributed by atoms with Gasteiger partial charge >= 0.3 is 0 Å². The fraction of sp³-hybridized carbons (Fsp3) is 0.609. The summed E-state index contributed by atoms with van der Waals surface area (Å²) in [6.07, 6.45) is 3.56. The minimum absolute atomic E-state index is 0.0472. The number of rotatable bonds is 8. The van der Waals surface area contributed by atoms with Gasteiger partial charge in [-0.15, -0.1) is 0 Å². The van der Waals surface area contributed by atoms with E-state index in [-0.39, 0.29) is 35.2 Å².